The summed E-state index contributed by atoms with van der Waals surface area (Å²) < 4.78 is 45.2. The average Bonchev–Trinajstić information content (AvgIpc) is 2.47. The maximum atomic E-state index is 13.3. The fourth-order valence-corrected chi connectivity index (χ4v) is 3.02. The Morgan fingerprint density at radius 1 is 1.14 bits per heavy atom. The van der Waals surface area contributed by atoms with Gasteiger partial charge in [-0.25, -0.2) is 17.5 Å². The zero-order chi connectivity index (χ0) is 15.5. The first-order chi connectivity index (χ1) is 9.92. The van der Waals surface area contributed by atoms with E-state index in [9.17, 15) is 12.8 Å². The summed E-state index contributed by atoms with van der Waals surface area (Å²) in [4.78, 5) is -0.211. The maximum Gasteiger partial charge on any atom is 0.244 e. The Bertz CT molecular complexity index is 727. The minimum atomic E-state index is -3.85. The molecule has 0 aliphatic heterocycles. The van der Waals surface area contributed by atoms with Crippen molar-refractivity contribution in [2.24, 2.45) is 0 Å². The van der Waals surface area contributed by atoms with Crippen LogP contribution in [0.1, 0.15) is 11.1 Å². The van der Waals surface area contributed by atoms with E-state index in [-0.39, 0.29) is 17.2 Å². The summed E-state index contributed by atoms with van der Waals surface area (Å²) in [7, 11) is -2.51. The van der Waals surface area contributed by atoms with Gasteiger partial charge in [0.05, 0.1) is 7.11 Å². The Balaban J connectivity index is 2.22. The number of sulfonamides is 1. The second-order valence-corrected chi connectivity index (χ2v) is 6.34. The second kappa shape index (κ2) is 6.24. The van der Waals surface area contributed by atoms with Crippen molar-refractivity contribution in [2.75, 3.05) is 7.11 Å². The summed E-state index contributed by atoms with van der Waals surface area (Å²) in [5.74, 6) is -0.528. The number of hydrogen-bond acceptors (Lipinski definition) is 3. The van der Waals surface area contributed by atoms with Crippen LogP contribution < -0.4 is 9.46 Å². The van der Waals surface area contributed by atoms with E-state index in [1.165, 1.54) is 13.2 Å². The van der Waals surface area contributed by atoms with E-state index < -0.39 is 15.8 Å². The summed E-state index contributed by atoms with van der Waals surface area (Å²) in [5.41, 5.74) is 1.91. The third-order valence-electron chi connectivity index (χ3n) is 3.00. The van der Waals surface area contributed by atoms with Gasteiger partial charge >= 0.3 is 0 Å². The van der Waals surface area contributed by atoms with Crippen LogP contribution in [-0.2, 0) is 16.6 Å². The molecule has 0 saturated heterocycles. The monoisotopic (exact) mass is 309 g/mol. The highest BCUT2D eigenvalue weighted by Crippen LogP contribution is 2.24. The Hall–Kier alpha value is -1.92. The largest absolute Gasteiger partial charge is 0.495 e. The van der Waals surface area contributed by atoms with Gasteiger partial charge in [-0.05, 0) is 30.7 Å². The molecule has 0 saturated carbocycles. The molecule has 0 fully saturated rings. The fraction of sp³-hybridized carbons (Fsp3) is 0.200. The molecule has 0 aliphatic rings. The normalized spacial score (nSPS) is 11.4. The molecule has 0 unspecified atom stereocenters. The number of ether oxygens (including phenoxy) is 1. The zero-order valence-corrected chi connectivity index (χ0v) is 12.6. The molecule has 2 aromatic carbocycles. The highest BCUT2D eigenvalue weighted by Gasteiger charge is 2.20. The lowest BCUT2D eigenvalue weighted by molar-refractivity contribution is 0.400. The van der Waals surface area contributed by atoms with Crippen LogP contribution in [0.5, 0.6) is 5.75 Å². The van der Waals surface area contributed by atoms with Gasteiger partial charge in [0.25, 0.3) is 0 Å². The van der Waals surface area contributed by atoms with Crippen molar-refractivity contribution in [2.45, 2.75) is 18.4 Å². The van der Waals surface area contributed by atoms with Crippen molar-refractivity contribution in [3.8, 4) is 5.75 Å². The SMILES string of the molecule is COc1ccc(F)cc1S(=O)(=O)NCc1ccc(C)cc1. The smallest absolute Gasteiger partial charge is 0.244 e. The van der Waals surface area contributed by atoms with Gasteiger partial charge in [0.2, 0.25) is 10.0 Å². The number of hydrogen-bond donors (Lipinski definition) is 1. The van der Waals surface area contributed by atoms with E-state index in [0.717, 1.165) is 23.3 Å². The first-order valence-electron chi connectivity index (χ1n) is 6.31. The number of methoxy groups -OCH3 is 1. The quantitative estimate of drug-likeness (QED) is 0.923. The molecule has 2 aromatic rings. The molecular formula is C15H16FNO3S. The first-order valence-corrected chi connectivity index (χ1v) is 7.79. The second-order valence-electron chi connectivity index (χ2n) is 4.61. The van der Waals surface area contributed by atoms with E-state index in [1.54, 1.807) is 0 Å². The number of rotatable bonds is 5. The summed E-state index contributed by atoms with van der Waals surface area (Å²) in [6.07, 6.45) is 0. The molecule has 6 heteroatoms. The van der Waals surface area contributed by atoms with Gasteiger partial charge in [0.1, 0.15) is 16.5 Å². The first kappa shape index (κ1) is 15.5. The molecular weight excluding hydrogens is 293 g/mol. The molecule has 2 rings (SSSR count). The molecule has 0 aliphatic carbocycles. The Morgan fingerprint density at radius 2 is 1.81 bits per heavy atom. The van der Waals surface area contributed by atoms with Crippen molar-refractivity contribution in [1.29, 1.82) is 0 Å². The number of nitrogens with one attached hydrogen (secondary N) is 1. The zero-order valence-electron chi connectivity index (χ0n) is 11.8. The van der Waals surface area contributed by atoms with Gasteiger partial charge in [-0.2, -0.15) is 0 Å². The van der Waals surface area contributed by atoms with Gasteiger partial charge in [-0.3, -0.25) is 0 Å². The molecule has 1 N–H and O–H groups in total. The van der Waals surface area contributed by atoms with E-state index >= 15 is 0 Å². The molecule has 4 nitrogen and oxygen atoms in total. The minimum absolute atomic E-state index is 0.104. The van der Waals surface area contributed by atoms with Gasteiger partial charge in [-0.15, -0.1) is 0 Å². The number of benzene rings is 2. The highest BCUT2D eigenvalue weighted by molar-refractivity contribution is 7.89. The molecule has 0 aromatic heterocycles. The van der Waals surface area contributed by atoms with Crippen molar-refractivity contribution < 1.29 is 17.5 Å². The van der Waals surface area contributed by atoms with Gasteiger partial charge < -0.3 is 4.74 Å². The van der Waals surface area contributed by atoms with Crippen LogP contribution in [-0.4, -0.2) is 15.5 Å². The van der Waals surface area contributed by atoms with Crippen molar-refractivity contribution in [3.05, 3.63) is 59.4 Å². The Morgan fingerprint density at radius 3 is 2.43 bits per heavy atom. The summed E-state index contributed by atoms with van der Waals surface area (Å²) >= 11 is 0. The predicted molar refractivity (Wildman–Crippen MR) is 78.2 cm³/mol. The van der Waals surface area contributed by atoms with Crippen LogP contribution in [0.3, 0.4) is 0 Å². The topological polar surface area (TPSA) is 55.4 Å². The summed E-state index contributed by atoms with van der Waals surface area (Å²) in [6, 6.07) is 10.8. The third kappa shape index (κ3) is 3.80. The molecule has 0 radical (unpaired) electrons. The van der Waals surface area contributed by atoms with Crippen LogP contribution in [0, 0.1) is 12.7 Å². The number of halogens is 1. The van der Waals surface area contributed by atoms with Crippen molar-refractivity contribution in [3.63, 3.8) is 0 Å². The fourth-order valence-electron chi connectivity index (χ4n) is 1.82. The molecule has 0 amide bonds. The molecule has 0 spiro atoms. The average molecular weight is 309 g/mol. The van der Waals surface area contributed by atoms with Gasteiger partial charge in [0, 0.05) is 6.54 Å². The summed E-state index contributed by atoms with van der Waals surface area (Å²) in [6.45, 7) is 2.08. The van der Waals surface area contributed by atoms with Crippen LogP contribution >= 0.6 is 0 Å². The van der Waals surface area contributed by atoms with Gasteiger partial charge in [0.15, 0.2) is 0 Å². The van der Waals surface area contributed by atoms with Crippen LogP contribution in [0.2, 0.25) is 0 Å². The van der Waals surface area contributed by atoms with E-state index in [2.05, 4.69) is 4.72 Å². The molecule has 0 heterocycles. The molecule has 112 valence electrons. The highest BCUT2D eigenvalue weighted by atomic mass is 32.2. The van der Waals surface area contributed by atoms with Crippen LogP contribution in [0.25, 0.3) is 0 Å². The number of aryl methyl sites for hydroxylation is 1. The lowest BCUT2D eigenvalue weighted by atomic mass is 10.2. The van der Waals surface area contributed by atoms with Crippen molar-refractivity contribution >= 4 is 10.0 Å². The Kier molecular flexibility index (Phi) is 4.59. The molecule has 0 atom stereocenters. The summed E-state index contributed by atoms with van der Waals surface area (Å²) in [5, 5.41) is 0. The predicted octanol–water partition coefficient (Wildman–Crippen LogP) is 2.62. The lowest BCUT2D eigenvalue weighted by Gasteiger charge is -2.11. The van der Waals surface area contributed by atoms with E-state index in [1.807, 2.05) is 31.2 Å². The standard InChI is InChI=1S/C15H16FNO3S/c1-11-3-5-12(6-4-11)10-17-21(18,19)15-9-13(16)7-8-14(15)20-2/h3-9,17H,10H2,1-2H3. The lowest BCUT2D eigenvalue weighted by Crippen LogP contribution is -2.23. The van der Waals surface area contributed by atoms with Crippen molar-refractivity contribution in [1.82, 2.24) is 4.72 Å². The molecule has 0 bridgehead atoms. The van der Waals surface area contributed by atoms with Crippen LogP contribution in [0.4, 0.5) is 4.39 Å². The van der Waals surface area contributed by atoms with Gasteiger partial charge in [-0.1, -0.05) is 29.8 Å². The van der Waals surface area contributed by atoms with E-state index in [0.29, 0.717) is 0 Å². The molecule has 21 heavy (non-hydrogen) atoms. The van der Waals surface area contributed by atoms with Crippen LogP contribution in [0.15, 0.2) is 47.4 Å². The van der Waals surface area contributed by atoms with E-state index in [4.69, 9.17) is 4.74 Å². The third-order valence-corrected chi connectivity index (χ3v) is 4.42. The maximum absolute atomic E-state index is 13.3. The Labute approximate surface area is 123 Å². The minimum Gasteiger partial charge on any atom is -0.495 e.